The van der Waals surface area contributed by atoms with Crippen molar-refractivity contribution < 1.29 is 28.8 Å². The lowest BCUT2D eigenvalue weighted by atomic mass is 9.78. The fourth-order valence-electron chi connectivity index (χ4n) is 4.46. The zero-order valence-corrected chi connectivity index (χ0v) is 20.2. The first kappa shape index (κ1) is 24.6. The van der Waals surface area contributed by atoms with E-state index in [1.807, 2.05) is 65.6 Å². The van der Waals surface area contributed by atoms with E-state index in [4.69, 9.17) is 18.9 Å². The summed E-state index contributed by atoms with van der Waals surface area (Å²) in [5.74, 6) is 1.99. The molecule has 35 heavy (non-hydrogen) atoms. The molecule has 3 unspecified atom stereocenters. The molecule has 0 spiro atoms. The van der Waals surface area contributed by atoms with Gasteiger partial charge in [-0.2, -0.15) is 0 Å². The van der Waals surface area contributed by atoms with Crippen molar-refractivity contribution in [1.29, 1.82) is 0 Å². The van der Waals surface area contributed by atoms with E-state index in [9.17, 15) is 9.90 Å². The van der Waals surface area contributed by atoms with Gasteiger partial charge < -0.3 is 29.0 Å². The number of rotatable bonds is 11. The number of anilines is 1. The maximum absolute atomic E-state index is 13.3. The number of aliphatic hydroxyl groups is 1. The third kappa shape index (κ3) is 5.42. The first-order chi connectivity index (χ1) is 17.0. The Kier molecular flexibility index (Phi) is 7.90. The Morgan fingerprint density at radius 2 is 1.40 bits per heavy atom. The first-order valence-electron chi connectivity index (χ1n) is 11.6. The standard InChI is InChI=1S/C28H31NO6/c1-32-18-35-24-12-4-19(5-13-24)26(30)17-16-25-27(20-6-10-22(33-2)11-7-20)29(28(25)31)21-8-14-23(34-3)15-9-21/h4-15,25-27,30H,16-18H2,1-3H3. The molecule has 7 nitrogen and oxygen atoms in total. The highest BCUT2D eigenvalue weighted by Crippen LogP contribution is 2.46. The summed E-state index contributed by atoms with van der Waals surface area (Å²) in [6.45, 7) is 0.170. The number of ether oxygens (including phenoxy) is 4. The number of amides is 1. The maximum Gasteiger partial charge on any atom is 0.233 e. The number of aliphatic hydroxyl groups excluding tert-OH is 1. The number of carbonyl (C=O) groups is 1. The number of carbonyl (C=O) groups excluding carboxylic acids is 1. The average molecular weight is 478 g/mol. The summed E-state index contributed by atoms with van der Waals surface area (Å²) < 4.78 is 20.9. The molecule has 0 bridgehead atoms. The summed E-state index contributed by atoms with van der Waals surface area (Å²) >= 11 is 0. The molecule has 0 aliphatic carbocycles. The lowest BCUT2D eigenvalue weighted by molar-refractivity contribution is -0.131. The molecular weight excluding hydrogens is 446 g/mol. The second-order valence-corrected chi connectivity index (χ2v) is 8.44. The van der Waals surface area contributed by atoms with Crippen LogP contribution >= 0.6 is 0 Å². The molecule has 1 amide bonds. The van der Waals surface area contributed by atoms with Crippen molar-refractivity contribution in [2.24, 2.45) is 5.92 Å². The summed E-state index contributed by atoms with van der Waals surface area (Å²) in [5, 5.41) is 10.8. The SMILES string of the molecule is COCOc1ccc(C(O)CCC2C(=O)N(c3ccc(OC)cc3)C2c2ccc(OC)cc2)cc1. The fourth-order valence-corrected chi connectivity index (χ4v) is 4.46. The number of hydrogen-bond donors (Lipinski definition) is 1. The highest BCUT2D eigenvalue weighted by Gasteiger charge is 2.48. The van der Waals surface area contributed by atoms with Gasteiger partial charge >= 0.3 is 0 Å². The number of benzene rings is 3. The van der Waals surface area contributed by atoms with Crippen LogP contribution < -0.4 is 19.1 Å². The molecular formula is C28H31NO6. The third-order valence-electron chi connectivity index (χ3n) is 6.38. The van der Waals surface area contributed by atoms with E-state index >= 15 is 0 Å². The van der Waals surface area contributed by atoms with Crippen molar-refractivity contribution in [1.82, 2.24) is 0 Å². The van der Waals surface area contributed by atoms with Crippen LogP contribution in [-0.2, 0) is 9.53 Å². The largest absolute Gasteiger partial charge is 0.497 e. The predicted molar refractivity (Wildman–Crippen MR) is 133 cm³/mol. The second kappa shape index (κ2) is 11.3. The van der Waals surface area contributed by atoms with Gasteiger partial charge in [-0.1, -0.05) is 24.3 Å². The molecule has 0 aromatic heterocycles. The van der Waals surface area contributed by atoms with Gasteiger partial charge in [-0.25, -0.2) is 0 Å². The minimum Gasteiger partial charge on any atom is -0.497 e. The summed E-state index contributed by atoms with van der Waals surface area (Å²) in [5.41, 5.74) is 2.63. The van der Waals surface area contributed by atoms with Gasteiger partial charge in [-0.3, -0.25) is 4.79 Å². The van der Waals surface area contributed by atoms with Crippen molar-refractivity contribution in [3.05, 3.63) is 83.9 Å². The first-order valence-corrected chi connectivity index (χ1v) is 11.6. The van der Waals surface area contributed by atoms with Crippen molar-refractivity contribution in [3.63, 3.8) is 0 Å². The highest BCUT2D eigenvalue weighted by molar-refractivity contribution is 6.03. The summed E-state index contributed by atoms with van der Waals surface area (Å²) in [7, 11) is 4.81. The summed E-state index contributed by atoms with van der Waals surface area (Å²) in [6, 6.07) is 22.4. The Labute approximate surface area is 205 Å². The van der Waals surface area contributed by atoms with Crippen molar-refractivity contribution >= 4 is 11.6 Å². The van der Waals surface area contributed by atoms with E-state index in [1.165, 1.54) is 0 Å². The number of nitrogens with zero attached hydrogens (tertiary/aromatic N) is 1. The smallest absolute Gasteiger partial charge is 0.233 e. The molecule has 1 saturated heterocycles. The molecule has 0 saturated carbocycles. The predicted octanol–water partition coefficient (Wildman–Crippen LogP) is 4.90. The zero-order valence-electron chi connectivity index (χ0n) is 20.2. The number of β-lactam (4-membered cyclic amide) rings is 1. The van der Waals surface area contributed by atoms with Crippen molar-refractivity contribution in [2.75, 3.05) is 33.0 Å². The molecule has 184 valence electrons. The monoisotopic (exact) mass is 477 g/mol. The molecule has 1 aliphatic rings. The molecule has 3 aromatic rings. The third-order valence-corrected chi connectivity index (χ3v) is 6.38. The zero-order chi connectivity index (χ0) is 24.8. The molecule has 3 atom stereocenters. The van der Waals surface area contributed by atoms with Gasteiger partial charge in [0.1, 0.15) is 17.2 Å². The Hall–Kier alpha value is -3.55. The Balaban J connectivity index is 1.49. The normalized spacial score (nSPS) is 18.1. The Bertz CT molecular complexity index is 1100. The lowest BCUT2D eigenvalue weighted by Gasteiger charge is -2.48. The van der Waals surface area contributed by atoms with Crippen LogP contribution in [0.1, 0.15) is 36.1 Å². The highest BCUT2D eigenvalue weighted by atomic mass is 16.7. The van der Waals surface area contributed by atoms with Crippen LogP contribution in [0.3, 0.4) is 0 Å². The quantitative estimate of drug-likeness (QED) is 0.313. The Morgan fingerprint density at radius 1 is 0.829 bits per heavy atom. The van der Waals surface area contributed by atoms with E-state index in [0.717, 1.165) is 28.3 Å². The van der Waals surface area contributed by atoms with Crippen LogP contribution in [0, 0.1) is 5.92 Å². The maximum atomic E-state index is 13.3. The second-order valence-electron chi connectivity index (χ2n) is 8.44. The van der Waals surface area contributed by atoms with Crippen molar-refractivity contribution in [3.8, 4) is 17.2 Å². The molecule has 0 radical (unpaired) electrons. The van der Waals surface area contributed by atoms with Gasteiger partial charge in [0.15, 0.2) is 6.79 Å². The van der Waals surface area contributed by atoms with Crippen molar-refractivity contribution in [2.45, 2.75) is 25.0 Å². The van der Waals surface area contributed by atoms with Crippen LogP contribution in [0.15, 0.2) is 72.8 Å². The summed E-state index contributed by atoms with van der Waals surface area (Å²) in [4.78, 5) is 15.1. The van der Waals surface area contributed by atoms with Crippen LogP contribution in [-0.4, -0.2) is 39.1 Å². The van der Waals surface area contributed by atoms with Gasteiger partial charge in [0.25, 0.3) is 0 Å². The summed E-state index contributed by atoms with van der Waals surface area (Å²) in [6.07, 6.45) is 0.356. The van der Waals surface area contributed by atoms with Crippen LogP contribution in [0.25, 0.3) is 0 Å². The lowest BCUT2D eigenvalue weighted by Crippen LogP contribution is -2.55. The van der Waals surface area contributed by atoms with Gasteiger partial charge in [-0.05, 0) is 72.5 Å². The van der Waals surface area contributed by atoms with E-state index < -0.39 is 6.10 Å². The molecule has 4 rings (SSSR count). The average Bonchev–Trinajstić information content (AvgIpc) is 2.91. The van der Waals surface area contributed by atoms with E-state index in [2.05, 4.69) is 0 Å². The minimum atomic E-state index is -0.675. The molecule has 1 heterocycles. The Morgan fingerprint density at radius 3 is 1.97 bits per heavy atom. The van der Waals surface area contributed by atoms with E-state index in [-0.39, 0.29) is 24.7 Å². The van der Waals surface area contributed by atoms with Crippen LogP contribution in [0.4, 0.5) is 5.69 Å². The minimum absolute atomic E-state index is 0.0477. The topological polar surface area (TPSA) is 77.5 Å². The molecule has 1 N–H and O–H groups in total. The molecule has 1 aliphatic heterocycles. The van der Waals surface area contributed by atoms with E-state index in [0.29, 0.717) is 18.6 Å². The number of methoxy groups -OCH3 is 3. The molecule has 1 fully saturated rings. The molecule has 7 heteroatoms. The number of hydrogen-bond acceptors (Lipinski definition) is 6. The fraction of sp³-hybridized carbons (Fsp3) is 0.321. The van der Waals surface area contributed by atoms with E-state index in [1.54, 1.807) is 33.5 Å². The van der Waals surface area contributed by atoms with Gasteiger partial charge in [0.05, 0.1) is 32.3 Å². The van der Waals surface area contributed by atoms with Gasteiger partial charge in [-0.15, -0.1) is 0 Å². The van der Waals surface area contributed by atoms with Gasteiger partial charge in [0.2, 0.25) is 5.91 Å². The molecule has 3 aromatic carbocycles. The van der Waals surface area contributed by atoms with Crippen LogP contribution in [0.5, 0.6) is 17.2 Å². The van der Waals surface area contributed by atoms with Gasteiger partial charge in [0, 0.05) is 12.8 Å². The van der Waals surface area contributed by atoms with Crippen LogP contribution in [0.2, 0.25) is 0 Å².